The standard InChI is InChI=1S/C22H12S2/c1-2-6-14-10-20-16(9-13(14)5-1)18-12-21-17(11-22(18)24-20)15-7-3-4-8-19(15)23-21/h1-12H. The van der Waals surface area contributed by atoms with Crippen LogP contribution in [0.25, 0.3) is 51.1 Å². The third-order valence-electron chi connectivity index (χ3n) is 4.84. The van der Waals surface area contributed by atoms with Crippen molar-refractivity contribution in [2.24, 2.45) is 0 Å². The van der Waals surface area contributed by atoms with Gasteiger partial charge in [-0.05, 0) is 41.1 Å². The molecule has 0 aliphatic heterocycles. The van der Waals surface area contributed by atoms with E-state index in [2.05, 4.69) is 72.8 Å². The second kappa shape index (κ2) is 4.56. The SMILES string of the molecule is c1ccc2cc3c(cc2c1)sc1cc2c(cc13)sc1ccccc12. The zero-order chi connectivity index (χ0) is 15.7. The summed E-state index contributed by atoms with van der Waals surface area (Å²) >= 11 is 3.80. The maximum Gasteiger partial charge on any atom is 0.0362 e. The van der Waals surface area contributed by atoms with Gasteiger partial charge in [-0.3, -0.25) is 0 Å². The summed E-state index contributed by atoms with van der Waals surface area (Å²) in [5.74, 6) is 0. The monoisotopic (exact) mass is 340 g/mol. The lowest BCUT2D eigenvalue weighted by atomic mass is 10.1. The Labute approximate surface area is 146 Å². The maximum absolute atomic E-state index is 2.39. The van der Waals surface area contributed by atoms with Gasteiger partial charge < -0.3 is 0 Å². The highest BCUT2D eigenvalue weighted by Crippen LogP contribution is 2.42. The maximum atomic E-state index is 2.39. The predicted octanol–water partition coefficient (Wildman–Crippen LogP) is 7.58. The Bertz CT molecular complexity index is 1390. The molecule has 112 valence electrons. The molecule has 0 aliphatic rings. The van der Waals surface area contributed by atoms with E-state index in [0.717, 1.165) is 0 Å². The van der Waals surface area contributed by atoms with Crippen LogP contribution < -0.4 is 0 Å². The minimum Gasteiger partial charge on any atom is -0.135 e. The average molecular weight is 340 g/mol. The van der Waals surface area contributed by atoms with E-state index in [-0.39, 0.29) is 0 Å². The second-order valence-electron chi connectivity index (χ2n) is 6.24. The quantitative estimate of drug-likeness (QED) is 0.267. The highest BCUT2D eigenvalue weighted by Gasteiger charge is 2.11. The fraction of sp³-hybridized carbons (Fsp3) is 0. The fourth-order valence-electron chi connectivity index (χ4n) is 3.68. The molecule has 0 amide bonds. The van der Waals surface area contributed by atoms with Crippen molar-refractivity contribution in [1.82, 2.24) is 0 Å². The molecule has 0 radical (unpaired) electrons. The Morgan fingerprint density at radius 1 is 0.417 bits per heavy atom. The van der Waals surface area contributed by atoms with Gasteiger partial charge in [0.2, 0.25) is 0 Å². The van der Waals surface area contributed by atoms with E-state index >= 15 is 0 Å². The Morgan fingerprint density at radius 3 is 1.79 bits per heavy atom. The van der Waals surface area contributed by atoms with E-state index in [0.29, 0.717) is 0 Å². The van der Waals surface area contributed by atoms with Gasteiger partial charge in [-0.25, -0.2) is 0 Å². The topological polar surface area (TPSA) is 0 Å². The zero-order valence-electron chi connectivity index (χ0n) is 12.7. The van der Waals surface area contributed by atoms with E-state index in [1.165, 1.54) is 51.1 Å². The molecule has 2 heterocycles. The van der Waals surface area contributed by atoms with Crippen LogP contribution in [-0.2, 0) is 0 Å². The minimum atomic E-state index is 1.32. The molecular formula is C22H12S2. The van der Waals surface area contributed by atoms with Gasteiger partial charge in [0, 0.05) is 40.3 Å². The van der Waals surface area contributed by atoms with Crippen molar-refractivity contribution < 1.29 is 0 Å². The van der Waals surface area contributed by atoms with Crippen LogP contribution in [0.4, 0.5) is 0 Å². The van der Waals surface area contributed by atoms with Gasteiger partial charge in [-0.15, -0.1) is 22.7 Å². The normalized spacial score (nSPS) is 12.2. The van der Waals surface area contributed by atoms with Crippen LogP contribution in [0.2, 0.25) is 0 Å². The predicted molar refractivity (Wildman–Crippen MR) is 110 cm³/mol. The Balaban J connectivity index is 1.81. The molecule has 6 rings (SSSR count). The first-order chi connectivity index (χ1) is 11.9. The van der Waals surface area contributed by atoms with Gasteiger partial charge in [-0.2, -0.15) is 0 Å². The molecule has 0 bridgehead atoms. The molecule has 6 aromatic rings. The highest BCUT2D eigenvalue weighted by atomic mass is 32.1. The number of fused-ring (bicyclic) bond motifs is 7. The van der Waals surface area contributed by atoms with Crippen LogP contribution in [-0.4, -0.2) is 0 Å². The van der Waals surface area contributed by atoms with Crippen molar-refractivity contribution >= 4 is 73.8 Å². The Hall–Kier alpha value is -2.42. The van der Waals surface area contributed by atoms with Crippen molar-refractivity contribution in [3.05, 3.63) is 72.8 Å². The number of rotatable bonds is 0. The summed E-state index contributed by atoms with van der Waals surface area (Å²) in [7, 11) is 0. The molecule has 0 atom stereocenters. The molecule has 2 aromatic heterocycles. The summed E-state index contributed by atoms with van der Waals surface area (Å²) in [4.78, 5) is 0. The first kappa shape index (κ1) is 12.9. The van der Waals surface area contributed by atoms with Gasteiger partial charge in [-0.1, -0.05) is 42.5 Å². The van der Waals surface area contributed by atoms with Gasteiger partial charge in [0.1, 0.15) is 0 Å². The largest absolute Gasteiger partial charge is 0.135 e. The molecular weight excluding hydrogens is 328 g/mol. The molecule has 24 heavy (non-hydrogen) atoms. The molecule has 0 nitrogen and oxygen atoms in total. The van der Waals surface area contributed by atoms with E-state index < -0.39 is 0 Å². The van der Waals surface area contributed by atoms with Gasteiger partial charge in [0.15, 0.2) is 0 Å². The molecule has 4 aromatic carbocycles. The summed E-state index contributed by atoms with van der Waals surface area (Å²) in [5, 5.41) is 8.18. The lowest BCUT2D eigenvalue weighted by molar-refractivity contribution is 1.82. The first-order valence-corrected chi connectivity index (χ1v) is 9.66. The molecule has 0 saturated carbocycles. The number of hydrogen-bond donors (Lipinski definition) is 0. The van der Waals surface area contributed by atoms with Gasteiger partial charge >= 0.3 is 0 Å². The third-order valence-corrected chi connectivity index (χ3v) is 7.09. The van der Waals surface area contributed by atoms with E-state index in [1.807, 2.05) is 22.7 Å². The van der Waals surface area contributed by atoms with Crippen molar-refractivity contribution in [2.75, 3.05) is 0 Å². The lowest BCUT2D eigenvalue weighted by Crippen LogP contribution is -1.72. The van der Waals surface area contributed by atoms with Gasteiger partial charge in [0.25, 0.3) is 0 Å². The molecule has 0 saturated heterocycles. The van der Waals surface area contributed by atoms with Crippen LogP contribution in [0.15, 0.2) is 72.8 Å². The van der Waals surface area contributed by atoms with Crippen molar-refractivity contribution in [3.8, 4) is 0 Å². The van der Waals surface area contributed by atoms with E-state index in [4.69, 9.17) is 0 Å². The van der Waals surface area contributed by atoms with Crippen molar-refractivity contribution in [1.29, 1.82) is 0 Å². The molecule has 0 spiro atoms. The van der Waals surface area contributed by atoms with Crippen LogP contribution in [0.1, 0.15) is 0 Å². The van der Waals surface area contributed by atoms with Crippen LogP contribution in [0, 0.1) is 0 Å². The summed E-state index contributed by atoms with van der Waals surface area (Å²) in [6, 6.07) is 26.8. The molecule has 0 aliphatic carbocycles. The van der Waals surface area contributed by atoms with Crippen molar-refractivity contribution in [2.45, 2.75) is 0 Å². The fourth-order valence-corrected chi connectivity index (χ4v) is 5.96. The van der Waals surface area contributed by atoms with E-state index in [9.17, 15) is 0 Å². The second-order valence-corrected chi connectivity index (χ2v) is 8.41. The third kappa shape index (κ3) is 1.67. The highest BCUT2D eigenvalue weighted by molar-refractivity contribution is 7.27. The Morgan fingerprint density at radius 2 is 0.958 bits per heavy atom. The summed E-state index contributed by atoms with van der Waals surface area (Å²) < 4.78 is 5.53. The molecule has 0 fully saturated rings. The van der Waals surface area contributed by atoms with Crippen LogP contribution in [0.5, 0.6) is 0 Å². The molecule has 0 unspecified atom stereocenters. The molecule has 2 heteroatoms. The number of benzene rings is 4. The summed E-state index contributed by atoms with van der Waals surface area (Å²) in [6.07, 6.45) is 0. The van der Waals surface area contributed by atoms with E-state index in [1.54, 1.807) is 0 Å². The summed E-state index contributed by atoms with van der Waals surface area (Å²) in [6.45, 7) is 0. The van der Waals surface area contributed by atoms with Crippen LogP contribution in [0.3, 0.4) is 0 Å². The first-order valence-electron chi connectivity index (χ1n) is 8.03. The van der Waals surface area contributed by atoms with Crippen molar-refractivity contribution in [3.63, 3.8) is 0 Å². The van der Waals surface area contributed by atoms with Gasteiger partial charge in [0.05, 0.1) is 0 Å². The lowest BCUT2D eigenvalue weighted by Gasteiger charge is -1.98. The zero-order valence-corrected chi connectivity index (χ0v) is 14.4. The van der Waals surface area contributed by atoms with Crippen LogP contribution >= 0.6 is 22.7 Å². The molecule has 0 N–H and O–H groups in total. The summed E-state index contributed by atoms with van der Waals surface area (Å²) in [5.41, 5.74) is 0. The smallest absolute Gasteiger partial charge is 0.0362 e. The Kier molecular flexibility index (Phi) is 2.46. The number of thiophene rings is 2. The minimum absolute atomic E-state index is 1.32. The number of hydrogen-bond acceptors (Lipinski definition) is 2. The average Bonchev–Trinajstić information content (AvgIpc) is 3.15.